The molecule has 3 heteroatoms. The van der Waals surface area contributed by atoms with Crippen LogP contribution in [0.5, 0.6) is 0 Å². The minimum absolute atomic E-state index is 0.0370. The fourth-order valence-corrected chi connectivity index (χ4v) is 0.591. The van der Waals surface area contributed by atoms with Gasteiger partial charge in [-0.05, 0) is 6.92 Å². The van der Waals surface area contributed by atoms with Gasteiger partial charge in [-0.15, -0.1) is 0 Å². The molecule has 8 heavy (non-hydrogen) atoms. The highest BCUT2D eigenvalue weighted by atomic mass is 16.5. The molecule has 1 unspecified atom stereocenters. The van der Waals surface area contributed by atoms with Crippen molar-refractivity contribution in [2.75, 3.05) is 6.61 Å². The van der Waals surface area contributed by atoms with Crippen molar-refractivity contribution in [3.05, 3.63) is 11.5 Å². The lowest BCUT2D eigenvalue weighted by molar-refractivity contribution is 0.116. The van der Waals surface area contributed by atoms with Crippen LogP contribution >= 0.6 is 0 Å². The van der Waals surface area contributed by atoms with Crippen LogP contribution in [0.3, 0.4) is 0 Å². The molecule has 1 heterocycles. The van der Waals surface area contributed by atoms with Crippen molar-refractivity contribution in [3.8, 4) is 0 Å². The monoisotopic (exact) mass is 116 g/mol. The number of rotatable bonds is 0. The lowest BCUT2D eigenvalue weighted by Gasteiger charge is -1.94. The molecule has 0 aliphatic carbocycles. The van der Waals surface area contributed by atoms with Gasteiger partial charge in [-0.3, -0.25) is 0 Å². The molecule has 0 saturated heterocycles. The zero-order valence-electron chi connectivity index (χ0n) is 4.59. The van der Waals surface area contributed by atoms with Crippen LogP contribution in [0, 0.1) is 0 Å². The third-order valence-corrected chi connectivity index (χ3v) is 1.13. The van der Waals surface area contributed by atoms with Crippen LogP contribution in [0.2, 0.25) is 0 Å². The Bertz CT molecular complexity index is 128. The first-order valence-electron chi connectivity index (χ1n) is 2.42. The van der Waals surface area contributed by atoms with Gasteiger partial charge in [0.2, 0.25) is 0 Å². The molecule has 0 saturated carbocycles. The second-order valence-corrected chi connectivity index (χ2v) is 1.77. The minimum atomic E-state index is -0.796. The van der Waals surface area contributed by atoms with E-state index in [-0.39, 0.29) is 12.4 Å². The van der Waals surface area contributed by atoms with Gasteiger partial charge in [0.15, 0.2) is 5.76 Å². The van der Waals surface area contributed by atoms with Gasteiger partial charge in [-0.2, -0.15) is 0 Å². The fourth-order valence-electron chi connectivity index (χ4n) is 0.591. The molecule has 0 aromatic carbocycles. The van der Waals surface area contributed by atoms with Crippen LogP contribution in [-0.2, 0) is 4.74 Å². The smallest absolute Gasteiger partial charge is 0.162 e. The van der Waals surface area contributed by atoms with Gasteiger partial charge in [0.1, 0.15) is 18.5 Å². The molecule has 0 fully saturated rings. The molecule has 0 spiro atoms. The summed E-state index contributed by atoms with van der Waals surface area (Å²) in [5.74, 6) is 0.391. The number of aliphatic hydroxyl groups is 2. The molecule has 3 nitrogen and oxygen atoms in total. The van der Waals surface area contributed by atoms with Gasteiger partial charge in [0.25, 0.3) is 0 Å². The molecule has 0 aromatic heterocycles. The standard InChI is InChI=1S/C5H8O3/c1-3-5(7)4(6)2-8-3/h4,6-7H,2H2,1H3. The summed E-state index contributed by atoms with van der Waals surface area (Å²) in [6.07, 6.45) is -0.796. The Morgan fingerprint density at radius 1 is 1.75 bits per heavy atom. The average molecular weight is 116 g/mol. The van der Waals surface area contributed by atoms with Crippen LogP contribution in [0.25, 0.3) is 0 Å². The number of hydrogen-bond acceptors (Lipinski definition) is 3. The van der Waals surface area contributed by atoms with E-state index in [9.17, 15) is 0 Å². The van der Waals surface area contributed by atoms with Gasteiger partial charge in [-0.1, -0.05) is 0 Å². The van der Waals surface area contributed by atoms with Gasteiger partial charge >= 0.3 is 0 Å². The van der Waals surface area contributed by atoms with E-state index in [1.165, 1.54) is 0 Å². The Balaban J connectivity index is 2.71. The van der Waals surface area contributed by atoms with E-state index in [0.717, 1.165) is 0 Å². The van der Waals surface area contributed by atoms with Gasteiger partial charge in [0, 0.05) is 0 Å². The molecule has 0 aromatic rings. The summed E-state index contributed by atoms with van der Waals surface area (Å²) in [5.41, 5.74) is 0. The predicted octanol–water partition coefficient (Wildman–Crippen LogP) is 0.167. The fraction of sp³-hybridized carbons (Fsp3) is 0.600. The van der Waals surface area contributed by atoms with E-state index >= 15 is 0 Å². The van der Waals surface area contributed by atoms with E-state index in [1.54, 1.807) is 6.92 Å². The van der Waals surface area contributed by atoms with Crippen LogP contribution in [-0.4, -0.2) is 22.9 Å². The summed E-state index contributed by atoms with van der Waals surface area (Å²) >= 11 is 0. The Morgan fingerprint density at radius 2 is 2.38 bits per heavy atom. The van der Waals surface area contributed by atoms with Crippen LogP contribution in [0.15, 0.2) is 11.5 Å². The van der Waals surface area contributed by atoms with Gasteiger partial charge in [-0.25, -0.2) is 0 Å². The summed E-state index contributed by atoms with van der Waals surface area (Å²) in [7, 11) is 0. The predicted molar refractivity (Wildman–Crippen MR) is 27.3 cm³/mol. The normalized spacial score (nSPS) is 28.5. The molecule has 0 amide bonds. The van der Waals surface area contributed by atoms with E-state index < -0.39 is 6.10 Å². The Labute approximate surface area is 47.2 Å². The van der Waals surface area contributed by atoms with Crippen molar-refractivity contribution in [2.45, 2.75) is 13.0 Å². The van der Waals surface area contributed by atoms with Crippen molar-refractivity contribution in [2.24, 2.45) is 0 Å². The van der Waals surface area contributed by atoms with Gasteiger partial charge in [0.05, 0.1) is 0 Å². The molecule has 46 valence electrons. The van der Waals surface area contributed by atoms with Crippen LogP contribution in [0.1, 0.15) is 6.92 Å². The minimum Gasteiger partial charge on any atom is -0.506 e. The van der Waals surface area contributed by atoms with Crippen LogP contribution < -0.4 is 0 Å². The molecule has 1 aliphatic rings. The zero-order chi connectivity index (χ0) is 6.15. The van der Waals surface area contributed by atoms with E-state index in [0.29, 0.717) is 5.76 Å². The van der Waals surface area contributed by atoms with E-state index in [1.807, 2.05) is 0 Å². The average Bonchev–Trinajstić information content (AvgIpc) is 1.98. The van der Waals surface area contributed by atoms with Crippen molar-refractivity contribution >= 4 is 0 Å². The van der Waals surface area contributed by atoms with Crippen molar-refractivity contribution in [3.63, 3.8) is 0 Å². The molecular formula is C5H8O3. The maximum atomic E-state index is 8.77. The zero-order valence-corrected chi connectivity index (χ0v) is 4.59. The SMILES string of the molecule is CC1=C(O)C(O)CO1. The van der Waals surface area contributed by atoms with Crippen LogP contribution in [0.4, 0.5) is 0 Å². The Hall–Kier alpha value is -0.700. The lowest BCUT2D eigenvalue weighted by Crippen LogP contribution is -2.08. The lowest BCUT2D eigenvalue weighted by atomic mass is 10.3. The maximum Gasteiger partial charge on any atom is 0.162 e. The van der Waals surface area contributed by atoms with Crippen molar-refractivity contribution < 1.29 is 14.9 Å². The summed E-state index contributed by atoms with van der Waals surface area (Å²) in [4.78, 5) is 0. The highest BCUT2D eigenvalue weighted by Crippen LogP contribution is 2.15. The van der Waals surface area contributed by atoms with E-state index in [2.05, 4.69) is 0 Å². The number of ether oxygens (including phenoxy) is 1. The maximum absolute atomic E-state index is 8.77. The highest BCUT2D eigenvalue weighted by molar-refractivity contribution is 5.07. The molecule has 0 radical (unpaired) electrons. The molecule has 1 atom stereocenters. The second-order valence-electron chi connectivity index (χ2n) is 1.77. The highest BCUT2D eigenvalue weighted by Gasteiger charge is 2.20. The first-order chi connectivity index (χ1) is 3.72. The quantitative estimate of drug-likeness (QED) is 0.474. The van der Waals surface area contributed by atoms with Crippen molar-refractivity contribution in [1.82, 2.24) is 0 Å². The summed E-state index contributed by atoms with van der Waals surface area (Å²) < 4.78 is 4.76. The number of aliphatic hydroxyl groups excluding tert-OH is 2. The van der Waals surface area contributed by atoms with E-state index in [4.69, 9.17) is 14.9 Å². The first kappa shape index (κ1) is 5.44. The first-order valence-corrected chi connectivity index (χ1v) is 2.42. The summed E-state index contributed by atoms with van der Waals surface area (Å²) in [6.45, 7) is 1.81. The molecule has 0 bridgehead atoms. The largest absolute Gasteiger partial charge is 0.506 e. The Kier molecular flexibility index (Phi) is 1.13. The van der Waals surface area contributed by atoms with Crippen molar-refractivity contribution in [1.29, 1.82) is 0 Å². The van der Waals surface area contributed by atoms with Gasteiger partial charge < -0.3 is 14.9 Å². The third-order valence-electron chi connectivity index (χ3n) is 1.13. The molecular weight excluding hydrogens is 108 g/mol. The molecule has 1 aliphatic heterocycles. The Morgan fingerprint density at radius 3 is 2.50 bits per heavy atom. The molecule has 2 N–H and O–H groups in total. The third kappa shape index (κ3) is 0.648. The molecule has 1 rings (SSSR count). The number of hydrogen-bond donors (Lipinski definition) is 2. The summed E-state index contributed by atoms with van der Waals surface area (Å²) in [5, 5.41) is 17.5. The number of allylic oxidation sites excluding steroid dienone is 1. The summed E-state index contributed by atoms with van der Waals surface area (Å²) in [6, 6.07) is 0. The second kappa shape index (κ2) is 1.67. The topological polar surface area (TPSA) is 49.7 Å².